The van der Waals surface area contributed by atoms with Crippen molar-refractivity contribution in [1.29, 1.82) is 0 Å². The predicted octanol–water partition coefficient (Wildman–Crippen LogP) is 1.12. The maximum atomic E-state index is 12.5. The Morgan fingerprint density at radius 2 is 2.08 bits per heavy atom. The lowest BCUT2D eigenvalue weighted by Gasteiger charge is -2.30. The summed E-state index contributed by atoms with van der Waals surface area (Å²) in [6.45, 7) is 5.55. The van der Waals surface area contributed by atoms with Crippen LogP contribution in [0.15, 0.2) is 18.2 Å². The molecular weight excluding hydrogens is 312 g/mol. The van der Waals surface area contributed by atoms with Gasteiger partial charge in [-0.15, -0.1) is 0 Å². The second-order valence-electron chi connectivity index (χ2n) is 6.96. The van der Waals surface area contributed by atoms with E-state index >= 15 is 0 Å². The second-order valence-corrected chi connectivity index (χ2v) is 6.96. The van der Waals surface area contributed by atoms with Crippen LogP contribution in [-0.2, 0) is 16.1 Å². The van der Waals surface area contributed by atoms with E-state index in [1.165, 1.54) is 17.0 Å². The molecule has 0 radical (unpaired) electrons. The van der Waals surface area contributed by atoms with Gasteiger partial charge in [-0.2, -0.15) is 0 Å². The molecule has 1 unspecified atom stereocenters. The lowest BCUT2D eigenvalue weighted by atomic mass is 10.1. The summed E-state index contributed by atoms with van der Waals surface area (Å²) in [5, 5.41) is 19.4. The van der Waals surface area contributed by atoms with E-state index in [0.717, 1.165) is 0 Å². The predicted molar refractivity (Wildman–Crippen MR) is 87.0 cm³/mol. The van der Waals surface area contributed by atoms with Gasteiger partial charge in [0.15, 0.2) is 0 Å². The molecule has 0 fully saturated rings. The molecule has 0 saturated heterocycles. The number of phenolic OH excluding ortho intramolecular Hbond substituents is 1. The Morgan fingerprint density at radius 3 is 2.67 bits per heavy atom. The minimum Gasteiger partial charge on any atom is -0.508 e. The SMILES string of the molecule is CC(C)(C)OC(=O)CC[C@@H](C(N)O)N1Cc2cc(O)ccc2C1=O. The number of hydrogen-bond donors (Lipinski definition) is 3. The topological polar surface area (TPSA) is 113 Å². The summed E-state index contributed by atoms with van der Waals surface area (Å²) in [5.41, 5.74) is 6.16. The highest BCUT2D eigenvalue weighted by atomic mass is 16.6. The number of carbonyl (C=O) groups excluding carboxylic acids is 2. The molecule has 1 aromatic rings. The van der Waals surface area contributed by atoms with Crippen LogP contribution in [0.25, 0.3) is 0 Å². The zero-order chi connectivity index (χ0) is 18.1. The van der Waals surface area contributed by atoms with Gasteiger partial charge >= 0.3 is 5.97 Å². The summed E-state index contributed by atoms with van der Waals surface area (Å²) >= 11 is 0. The molecule has 0 aliphatic carbocycles. The van der Waals surface area contributed by atoms with E-state index in [4.69, 9.17) is 10.5 Å². The first-order valence-electron chi connectivity index (χ1n) is 7.87. The molecule has 132 valence electrons. The van der Waals surface area contributed by atoms with Gasteiger partial charge in [0.05, 0.1) is 6.04 Å². The highest BCUT2D eigenvalue weighted by molar-refractivity contribution is 5.98. The summed E-state index contributed by atoms with van der Waals surface area (Å²) in [4.78, 5) is 25.8. The van der Waals surface area contributed by atoms with E-state index in [2.05, 4.69) is 0 Å². The van der Waals surface area contributed by atoms with Crippen LogP contribution >= 0.6 is 0 Å². The fourth-order valence-electron chi connectivity index (χ4n) is 2.77. The van der Waals surface area contributed by atoms with Gasteiger partial charge < -0.3 is 25.6 Å². The van der Waals surface area contributed by atoms with E-state index in [1.807, 2.05) is 0 Å². The van der Waals surface area contributed by atoms with E-state index in [1.54, 1.807) is 26.8 Å². The van der Waals surface area contributed by atoms with Crippen molar-refractivity contribution in [1.82, 2.24) is 4.90 Å². The smallest absolute Gasteiger partial charge is 0.306 e. The van der Waals surface area contributed by atoms with E-state index in [-0.39, 0.29) is 31.0 Å². The van der Waals surface area contributed by atoms with Gasteiger partial charge in [0.2, 0.25) is 0 Å². The van der Waals surface area contributed by atoms with Gasteiger partial charge in [-0.1, -0.05) is 0 Å². The number of carbonyl (C=O) groups is 2. The van der Waals surface area contributed by atoms with E-state index in [9.17, 15) is 19.8 Å². The molecule has 1 heterocycles. The number of aliphatic hydroxyl groups is 1. The van der Waals surface area contributed by atoms with Crippen LogP contribution in [-0.4, -0.2) is 44.9 Å². The molecular formula is C17H24N2O5. The Balaban J connectivity index is 2.07. The number of esters is 1. The van der Waals surface area contributed by atoms with Gasteiger partial charge in [0.1, 0.15) is 17.6 Å². The fraction of sp³-hybridized carbons (Fsp3) is 0.529. The molecule has 1 aliphatic heterocycles. The van der Waals surface area contributed by atoms with Crippen LogP contribution < -0.4 is 5.73 Å². The lowest BCUT2D eigenvalue weighted by Crippen LogP contribution is -2.48. The molecule has 0 saturated carbocycles. The number of rotatable bonds is 5. The van der Waals surface area contributed by atoms with Crippen molar-refractivity contribution in [3.05, 3.63) is 29.3 Å². The van der Waals surface area contributed by atoms with Gasteiger partial charge in [-0.05, 0) is 51.0 Å². The Labute approximate surface area is 141 Å². The van der Waals surface area contributed by atoms with Crippen molar-refractivity contribution >= 4 is 11.9 Å². The van der Waals surface area contributed by atoms with Gasteiger partial charge in [0.25, 0.3) is 5.91 Å². The number of aromatic hydroxyl groups is 1. The molecule has 0 aromatic heterocycles. The molecule has 1 aliphatic rings. The molecule has 4 N–H and O–H groups in total. The van der Waals surface area contributed by atoms with Crippen molar-refractivity contribution in [2.45, 2.75) is 58.0 Å². The zero-order valence-corrected chi connectivity index (χ0v) is 14.2. The number of fused-ring (bicyclic) bond motifs is 1. The fourth-order valence-corrected chi connectivity index (χ4v) is 2.77. The first-order valence-corrected chi connectivity index (χ1v) is 7.87. The number of amides is 1. The van der Waals surface area contributed by atoms with E-state index in [0.29, 0.717) is 11.1 Å². The first-order chi connectivity index (χ1) is 11.1. The Bertz CT molecular complexity index is 636. The molecule has 2 rings (SSSR count). The van der Waals surface area contributed by atoms with Crippen molar-refractivity contribution < 1.29 is 24.5 Å². The Kier molecular flexibility index (Phi) is 5.15. The number of phenols is 1. The third kappa shape index (κ3) is 4.24. The van der Waals surface area contributed by atoms with Crippen LogP contribution in [0.1, 0.15) is 49.5 Å². The van der Waals surface area contributed by atoms with Crippen LogP contribution in [0.4, 0.5) is 0 Å². The zero-order valence-electron chi connectivity index (χ0n) is 14.2. The molecule has 7 heteroatoms. The number of aliphatic hydroxyl groups excluding tert-OH is 1. The quantitative estimate of drug-likeness (QED) is 0.548. The largest absolute Gasteiger partial charge is 0.508 e. The number of ether oxygens (including phenoxy) is 1. The van der Waals surface area contributed by atoms with Crippen LogP contribution in [0, 0.1) is 0 Å². The average Bonchev–Trinajstić information content (AvgIpc) is 2.73. The molecule has 7 nitrogen and oxygen atoms in total. The minimum atomic E-state index is -1.28. The Morgan fingerprint density at radius 1 is 1.42 bits per heavy atom. The second kappa shape index (κ2) is 6.78. The van der Waals surface area contributed by atoms with Gasteiger partial charge in [-0.3, -0.25) is 9.59 Å². The first kappa shape index (κ1) is 18.2. The summed E-state index contributed by atoms with van der Waals surface area (Å²) in [7, 11) is 0. The van der Waals surface area contributed by atoms with E-state index < -0.39 is 23.8 Å². The highest BCUT2D eigenvalue weighted by Crippen LogP contribution is 2.29. The van der Waals surface area contributed by atoms with Gasteiger partial charge in [-0.25, -0.2) is 0 Å². The monoisotopic (exact) mass is 336 g/mol. The maximum absolute atomic E-state index is 12.5. The highest BCUT2D eigenvalue weighted by Gasteiger charge is 2.35. The molecule has 2 atom stereocenters. The van der Waals surface area contributed by atoms with Crippen LogP contribution in [0.3, 0.4) is 0 Å². The van der Waals surface area contributed by atoms with Crippen molar-refractivity contribution in [2.24, 2.45) is 5.73 Å². The summed E-state index contributed by atoms with van der Waals surface area (Å²) < 4.78 is 5.24. The minimum absolute atomic E-state index is 0.0432. The standard InChI is InChI=1S/C17H24N2O5/c1-17(2,3)24-14(21)7-6-13(15(18)22)19-9-10-8-11(20)4-5-12(10)16(19)23/h4-5,8,13,15,20,22H,6-7,9,18H2,1-3H3/t13-,15?/m0/s1. The molecule has 0 bridgehead atoms. The normalized spacial score (nSPS) is 16.7. The molecule has 1 aromatic carbocycles. The Hall–Kier alpha value is -2.12. The maximum Gasteiger partial charge on any atom is 0.306 e. The number of nitrogens with two attached hydrogens (primary N) is 1. The molecule has 0 spiro atoms. The third-order valence-corrected chi connectivity index (χ3v) is 3.78. The lowest BCUT2D eigenvalue weighted by molar-refractivity contribution is -0.155. The summed E-state index contributed by atoms with van der Waals surface area (Å²) in [6.07, 6.45) is -1.04. The third-order valence-electron chi connectivity index (χ3n) is 3.78. The summed E-state index contributed by atoms with van der Waals surface area (Å²) in [5.74, 6) is -0.611. The van der Waals surface area contributed by atoms with Crippen molar-refractivity contribution in [3.63, 3.8) is 0 Å². The van der Waals surface area contributed by atoms with Crippen LogP contribution in [0.5, 0.6) is 5.75 Å². The number of benzene rings is 1. The van der Waals surface area contributed by atoms with Crippen LogP contribution in [0.2, 0.25) is 0 Å². The molecule has 24 heavy (non-hydrogen) atoms. The van der Waals surface area contributed by atoms with Crippen molar-refractivity contribution in [2.75, 3.05) is 0 Å². The number of nitrogens with zero attached hydrogens (tertiary/aromatic N) is 1. The average molecular weight is 336 g/mol. The number of hydrogen-bond acceptors (Lipinski definition) is 6. The molecule has 1 amide bonds. The van der Waals surface area contributed by atoms with Crippen molar-refractivity contribution in [3.8, 4) is 5.75 Å². The summed E-state index contributed by atoms with van der Waals surface area (Å²) in [6, 6.07) is 3.79. The van der Waals surface area contributed by atoms with Gasteiger partial charge in [0, 0.05) is 18.5 Å².